The topological polar surface area (TPSA) is 61.3 Å². The van der Waals surface area contributed by atoms with E-state index in [-0.39, 0.29) is 12.1 Å². The Hall–Kier alpha value is -1.35. The highest BCUT2D eigenvalue weighted by atomic mass is 16.5. The number of carbonyl (C=O) groups excluding carboxylic acids is 1. The number of hydrogen-bond donors (Lipinski definition) is 1. The van der Waals surface area contributed by atoms with Crippen LogP contribution in [0.4, 0.5) is 0 Å². The number of esters is 1. The first-order valence-electron chi connectivity index (χ1n) is 3.90. The van der Waals surface area contributed by atoms with Gasteiger partial charge in [-0.1, -0.05) is 36.4 Å². The van der Waals surface area contributed by atoms with Crippen LogP contribution in [0.3, 0.4) is 0 Å². The van der Waals surface area contributed by atoms with Crippen molar-refractivity contribution in [2.45, 2.75) is 13.8 Å². The van der Waals surface area contributed by atoms with Crippen LogP contribution in [-0.2, 0) is 9.53 Å². The van der Waals surface area contributed by atoms with E-state index in [2.05, 4.69) is 4.74 Å². The van der Waals surface area contributed by atoms with Crippen LogP contribution in [0.5, 0.6) is 0 Å². The van der Waals surface area contributed by atoms with E-state index < -0.39 is 0 Å². The summed E-state index contributed by atoms with van der Waals surface area (Å²) < 4.78 is 4.40. The Kier molecular flexibility index (Phi) is 11.6. The van der Waals surface area contributed by atoms with Gasteiger partial charge in [-0.05, 0) is 6.92 Å². The third-order valence-corrected chi connectivity index (χ3v) is 1.01. The van der Waals surface area contributed by atoms with Crippen LogP contribution in [0.25, 0.3) is 0 Å². The van der Waals surface area contributed by atoms with Crippen molar-refractivity contribution >= 4 is 5.97 Å². The zero-order valence-corrected chi connectivity index (χ0v) is 8.19. The normalized spacial score (nSPS) is 7.23. The first kappa shape index (κ1) is 14.2. The summed E-state index contributed by atoms with van der Waals surface area (Å²) in [6.07, 6.45) is 0. The molecule has 0 aliphatic heterocycles. The maximum absolute atomic E-state index is 9.82. The molecule has 0 aliphatic rings. The summed E-state index contributed by atoms with van der Waals surface area (Å²) in [7, 11) is 0. The summed E-state index contributed by atoms with van der Waals surface area (Å²) in [4.78, 5) is 9.82. The lowest BCUT2D eigenvalue weighted by Gasteiger charge is -1.89. The Balaban J connectivity index is 0. The Morgan fingerprint density at radius 2 is 1.38 bits per heavy atom. The van der Waals surface area contributed by atoms with Crippen molar-refractivity contribution in [3.63, 3.8) is 0 Å². The van der Waals surface area contributed by atoms with Crippen molar-refractivity contribution in [2.24, 2.45) is 0 Å². The van der Waals surface area contributed by atoms with Crippen LogP contribution in [-0.4, -0.2) is 12.6 Å². The lowest BCUT2D eigenvalue weighted by molar-refractivity contribution is -0.140. The minimum absolute atomic E-state index is 0. The quantitative estimate of drug-likeness (QED) is 0.680. The number of rotatable bonds is 1. The van der Waals surface area contributed by atoms with E-state index in [4.69, 9.17) is 0 Å². The summed E-state index contributed by atoms with van der Waals surface area (Å²) in [6.45, 7) is 3.65. The Bertz CT molecular complexity index is 173. The molecule has 0 aliphatic carbocycles. The molecule has 0 spiro atoms. The Morgan fingerprint density at radius 3 is 1.46 bits per heavy atom. The predicted octanol–water partition coefficient (Wildman–Crippen LogP) is 2.42. The van der Waals surface area contributed by atoms with E-state index in [1.807, 2.05) is 36.4 Å². The third kappa shape index (κ3) is 13.6. The summed E-state index contributed by atoms with van der Waals surface area (Å²) in [5, 5.41) is 0. The van der Waals surface area contributed by atoms with Crippen molar-refractivity contribution in [2.75, 3.05) is 6.61 Å². The van der Waals surface area contributed by atoms with Gasteiger partial charge in [-0.15, -0.1) is 0 Å². The van der Waals surface area contributed by atoms with Crippen LogP contribution in [0, 0.1) is 0 Å². The van der Waals surface area contributed by atoms with Gasteiger partial charge in [-0.25, -0.2) is 0 Å². The van der Waals surface area contributed by atoms with Crippen LogP contribution in [0.2, 0.25) is 0 Å². The second-order valence-electron chi connectivity index (χ2n) is 2.08. The van der Waals surface area contributed by atoms with Crippen molar-refractivity contribution in [1.82, 2.24) is 6.15 Å². The predicted molar refractivity (Wildman–Crippen MR) is 53.8 cm³/mol. The average Bonchev–Trinajstić information content (AvgIpc) is 2.08. The molecule has 0 radical (unpaired) electrons. The molecule has 3 N–H and O–H groups in total. The Labute approximate surface area is 79.3 Å². The van der Waals surface area contributed by atoms with Gasteiger partial charge in [-0.3, -0.25) is 4.79 Å². The fourth-order valence-electron chi connectivity index (χ4n) is 0.588. The molecular formula is C10H17NO2. The highest BCUT2D eigenvalue weighted by Crippen LogP contribution is 1.79. The van der Waals surface area contributed by atoms with Crippen LogP contribution < -0.4 is 6.15 Å². The van der Waals surface area contributed by atoms with Gasteiger partial charge in [-0.2, -0.15) is 0 Å². The molecule has 0 saturated carbocycles. The van der Waals surface area contributed by atoms with Crippen LogP contribution in [0.15, 0.2) is 36.4 Å². The first-order chi connectivity index (χ1) is 5.77. The summed E-state index contributed by atoms with van der Waals surface area (Å²) in [5.74, 6) is -0.211. The van der Waals surface area contributed by atoms with Crippen molar-refractivity contribution in [3.05, 3.63) is 36.4 Å². The van der Waals surface area contributed by atoms with Crippen molar-refractivity contribution in [3.8, 4) is 0 Å². The first-order valence-corrected chi connectivity index (χ1v) is 3.90. The molecule has 13 heavy (non-hydrogen) atoms. The number of carbonyl (C=O) groups is 1. The number of ether oxygens (including phenoxy) is 1. The summed E-state index contributed by atoms with van der Waals surface area (Å²) >= 11 is 0. The van der Waals surface area contributed by atoms with Crippen LogP contribution in [0.1, 0.15) is 13.8 Å². The monoisotopic (exact) mass is 183 g/mol. The standard InChI is InChI=1S/C6H6.C4H8O2.H3N/c1-2-4-6-5-3-1;1-3-6-4(2)5;/h1-6H;3H2,1-2H3;1H3. The van der Waals surface area contributed by atoms with Gasteiger partial charge < -0.3 is 10.9 Å². The largest absolute Gasteiger partial charge is 0.466 e. The molecule has 1 aromatic carbocycles. The van der Waals surface area contributed by atoms with E-state index in [0.29, 0.717) is 6.61 Å². The van der Waals surface area contributed by atoms with E-state index in [0.717, 1.165) is 0 Å². The zero-order chi connectivity index (χ0) is 9.23. The third-order valence-electron chi connectivity index (χ3n) is 1.01. The zero-order valence-electron chi connectivity index (χ0n) is 8.19. The summed E-state index contributed by atoms with van der Waals surface area (Å²) in [6, 6.07) is 12.0. The molecular weight excluding hydrogens is 166 g/mol. The van der Waals surface area contributed by atoms with Gasteiger partial charge in [0.15, 0.2) is 0 Å². The molecule has 0 amide bonds. The Morgan fingerprint density at radius 1 is 1.08 bits per heavy atom. The minimum atomic E-state index is -0.211. The van der Waals surface area contributed by atoms with E-state index in [1.54, 1.807) is 6.92 Å². The fourth-order valence-corrected chi connectivity index (χ4v) is 0.588. The second kappa shape index (κ2) is 10.7. The van der Waals surface area contributed by atoms with Gasteiger partial charge in [0.05, 0.1) is 6.61 Å². The smallest absolute Gasteiger partial charge is 0.302 e. The second-order valence-corrected chi connectivity index (χ2v) is 2.08. The molecule has 0 aromatic heterocycles. The van der Waals surface area contributed by atoms with Gasteiger partial charge in [0, 0.05) is 6.92 Å². The molecule has 0 atom stereocenters. The maximum atomic E-state index is 9.82. The SMILES string of the molecule is CCOC(C)=O.N.c1ccccc1. The molecule has 1 rings (SSSR count). The van der Waals surface area contributed by atoms with Gasteiger partial charge >= 0.3 is 5.97 Å². The molecule has 0 bridgehead atoms. The number of benzene rings is 1. The van der Waals surface area contributed by atoms with Crippen molar-refractivity contribution in [1.29, 1.82) is 0 Å². The van der Waals surface area contributed by atoms with Crippen LogP contribution >= 0.6 is 0 Å². The fraction of sp³-hybridized carbons (Fsp3) is 0.300. The van der Waals surface area contributed by atoms with Gasteiger partial charge in [0.1, 0.15) is 0 Å². The van der Waals surface area contributed by atoms with E-state index in [9.17, 15) is 4.79 Å². The molecule has 0 unspecified atom stereocenters. The highest BCUT2D eigenvalue weighted by molar-refractivity contribution is 5.65. The average molecular weight is 183 g/mol. The molecule has 74 valence electrons. The number of hydrogen-bond acceptors (Lipinski definition) is 3. The van der Waals surface area contributed by atoms with Gasteiger partial charge in [0.2, 0.25) is 0 Å². The van der Waals surface area contributed by atoms with E-state index >= 15 is 0 Å². The molecule has 3 heteroatoms. The molecule has 0 fully saturated rings. The van der Waals surface area contributed by atoms with Gasteiger partial charge in [0.25, 0.3) is 0 Å². The molecule has 0 heterocycles. The minimum Gasteiger partial charge on any atom is -0.466 e. The highest BCUT2D eigenvalue weighted by Gasteiger charge is 1.81. The van der Waals surface area contributed by atoms with E-state index in [1.165, 1.54) is 6.92 Å². The lowest BCUT2D eigenvalue weighted by Crippen LogP contribution is -1.95. The maximum Gasteiger partial charge on any atom is 0.302 e. The molecule has 0 saturated heterocycles. The lowest BCUT2D eigenvalue weighted by atomic mass is 10.4. The molecule has 1 aromatic rings. The van der Waals surface area contributed by atoms with Crippen molar-refractivity contribution < 1.29 is 9.53 Å². The molecule has 3 nitrogen and oxygen atoms in total. The summed E-state index contributed by atoms with van der Waals surface area (Å²) in [5.41, 5.74) is 0.